The summed E-state index contributed by atoms with van der Waals surface area (Å²) in [6, 6.07) is 3.95. The van der Waals surface area contributed by atoms with Crippen LogP contribution in [0.25, 0.3) is 0 Å². The van der Waals surface area contributed by atoms with Gasteiger partial charge in [0.15, 0.2) is 0 Å². The third-order valence-corrected chi connectivity index (χ3v) is 3.43. The number of rotatable bonds is 5. The van der Waals surface area contributed by atoms with Gasteiger partial charge in [-0.05, 0) is 13.3 Å². The minimum absolute atomic E-state index is 0.0304. The first-order valence-electron chi connectivity index (χ1n) is 6.57. The second-order valence-electron chi connectivity index (χ2n) is 5.40. The molecule has 1 aliphatic rings. The van der Waals surface area contributed by atoms with Gasteiger partial charge in [0.2, 0.25) is 0 Å². The summed E-state index contributed by atoms with van der Waals surface area (Å²) < 4.78 is 5.27. The molecule has 2 rings (SSSR count). The Bertz CT molecular complexity index is 414. The number of aromatic nitrogens is 1. The highest BCUT2D eigenvalue weighted by molar-refractivity contribution is 5.26. The summed E-state index contributed by atoms with van der Waals surface area (Å²) in [6.07, 6.45) is 2.26. The van der Waals surface area contributed by atoms with Crippen LogP contribution in [0.5, 0.6) is 5.75 Å². The Hall–Kier alpha value is -1.13. The van der Waals surface area contributed by atoms with Crippen LogP contribution >= 0.6 is 0 Å². The summed E-state index contributed by atoms with van der Waals surface area (Å²) in [5.74, 6) is 0.880. The molecule has 0 amide bonds. The molecule has 18 heavy (non-hydrogen) atoms. The monoisotopic (exact) mass is 249 g/mol. The van der Waals surface area contributed by atoms with Crippen LogP contribution in [-0.4, -0.2) is 35.6 Å². The fourth-order valence-corrected chi connectivity index (χ4v) is 2.74. The molecule has 100 valence electrons. The van der Waals surface area contributed by atoms with E-state index in [0.717, 1.165) is 49.6 Å². The van der Waals surface area contributed by atoms with Gasteiger partial charge < -0.3 is 10.5 Å². The highest BCUT2D eigenvalue weighted by Gasteiger charge is 2.38. The smallest absolute Gasteiger partial charge is 0.122 e. The normalized spacial score (nSPS) is 18.4. The quantitative estimate of drug-likeness (QED) is 0.863. The lowest BCUT2D eigenvalue weighted by Crippen LogP contribution is -2.66. The zero-order valence-corrected chi connectivity index (χ0v) is 11.6. The molecule has 1 fully saturated rings. The maximum atomic E-state index is 6.26. The van der Waals surface area contributed by atoms with Crippen LogP contribution in [0.4, 0.5) is 0 Å². The van der Waals surface area contributed by atoms with E-state index in [1.54, 1.807) is 7.11 Å². The van der Waals surface area contributed by atoms with Crippen LogP contribution in [0.2, 0.25) is 0 Å². The predicted octanol–water partition coefficient (Wildman–Crippen LogP) is 1.71. The molecule has 0 radical (unpaired) electrons. The molecule has 4 heteroatoms. The van der Waals surface area contributed by atoms with Crippen molar-refractivity contribution in [1.29, 1.82) is 0 Å². The molecule has 0 aliphatic carbocycles. The van der Waals surface area contributed by atoms with E-state index in [0.29, 0.717) is 0 Å². The minimum atomic E-state index is 0.0304. The van der Waals surface area contributed by atoms with Crippen molar-refractivity contribution in [3.05, 3.63) is 23.5 Å². The van der Waals surface area contributed by atoms with E-state index in [9.17, 15) is 0 Å². The van der Waals surface area contributed by atoms with Crippen LogP contribution in [0.15, 0.2) is 12.1 Å². The Balaban J connectivity index is 1.94. The van der Waals surface area contributed by atoms with Gasteiger partial charge in [0, 0.05) is 43.0 Å². The van der Waals surface area contributed by atoms with Crippen LogP contribution in [-0.2, 0) is 6.54 Å². The van der Waals surface area contributed by atoms with Gasteiger partial charge >= 0.3 is 0 Å². The van der Waals surface area contributed by atoms with E-state index in [-0.39, 0.29) is 5.54 Å². The SMILES string of the molecule is CCCC1(N)CN(Cc2cc(OC)cc(C)n2)C1. The number of ether oxygens (including phenoxy) is 1. The van der Waals surface area contributed by atoms with Gasteiger partial charge in [-0.3, -0.25) is 9.88 Å². The molecule has 2 N–H and O–H groups in total. The molecule has 1 aromatic rings. The van der Waals surface area contributed by atoms with E-state index in [2.05, 4.69) is 16.8 Å². The molecule has 4 nitrogen and oxygen atoms in total. The van der Waals surface area contributed by atoms with Crippen molar-refractivity contribution in [1.82, 2.24) is 9.88 Å². The molecule has 0 unspecified atom stereocenters. The molecule has 0 bridgehead atoms. The molecular weight excluding hydrogens is 226 g/mol. The Morgan fingerprint density at radius 3 is 2.78 bits per heavy atom. The molecule has 0 atom stereocenters. The third-order valence-electron chi connectivity index (χ3n) is 3.43. The van der Waals surface area contributed by atoms with Crippen molar-refractivity contribution in [2.45, 2.75) is 38.8 Å². The summed E-state index contributed by atoms with van der Waals surface area (Å²) in [5.41, 5.74) is 8.35. The fraction of sp³-hybridized carbons (Fsp3) is 0.643. The number of aryl methyl sites for hydroxylation is 1. The first-order chi connectivity index (χ1) is 8.54. The number of nitrogens with two attached hydrogens (primary N) is 1. The first kappa shape index (κ1) is 13.3. The van der Waals surface area contributed by atoms with Gasteiger partial charge in [-0.2, -0.15) is 0 Å². The molecule has 0 spiro atoms. The zero-order chi connectivity index (χ0) is 13.2. The summed E-state index contributed by atoms with van der Waals surface area (Å²) in [6.45, 7) is 6.98. The third kappa shape index (κ3) is 3.00. The van der Waals surface area contributed by atoms with Crippen LogP contribution in [0, 0.1) is 6.92 Å². The maximum Gasteiger partial charge on any atom is 0.122 e. The van der Waals surface area contributed by atoms with Crippen molar-refractivity contribution < 1.29 is 4.74 Å². The Kier molecular flexibility index (Phi) is 3.88. The fourth-order valence-electron chi connectivity index (χ4n) is 2.74. The van der Waals surface area contributed by atoms with Crippen LogP contribution in [0.1, 0.15) is 31.2 Å². The van der Waals surface area contributed by atoms with E-state index in [1.807, 2.05) is 19.1 Å². The summed E-state index contributed by atoms with van der Waals surface area (Å²) >= 11 is 0. The second-order valence-corrected chi connectivity index (χ2v) is 5.40. The molecule has 0 saturated carbocycles. The number of methoxy groups -OCH3 is 1. The standard InChI is InChI=1S/C14H23N3O/c1-4-5-14(15)9-17(10-14)8-12-7-13(18-3)6-11(2)16-12/h6-7H,4-5,8-10,15H2,1-3H3. The molecule has 1 aromatic heterocycles. The van der Waals surface area contributed by atoms with Gasteiger partial charge in [0.1, 0.15) is 5.75 Å². The minimum Gasteiger partial charge on any atom is -0.497 e. The highest BCUT2D eigenvalue weighted by atomic mass is 16.5. The largest absolute Gasteiger partial charge is 0.497 e. The van der Waals surface area contributed by atoms with Crippen molar-refractivity contribution in [2.75, 3.05) is 20.2 Å². The lowest BCUT2D eigenvalue weighted by atomic mass is 9.86. The van der Waals surface area contributed by atoms with Crippen molar-refractivity contribution in [2.24, 2.45) is 5.73 Å². The van der Waals surface area contributed by atoms with Crippen LogP contribution < -0.4 is 10.5 Å². The van der Waals surface area contributed by atoms with Gasteiger partial charge in [0.05, 0.1) is 12.8 Å². The lowest BCUT2D eigenvalue weighted by Gasteiger charge is -2.47. The van der Waals surface area contributed by atoms with Crippen molar-refractivity contribution in [3.8, 4) is 5.75 Å². The van der Waals surface area contributed by atoms with Crippen molar-refractivity contribution >= 4 is 0 Å². The Morgan fingerprint density at radius 2 is 2.17 bits per heavy atom. The number of pyridine rings is 1. The molecular formula is C14H23N3O. The number of hydrogen-bond acceptors (Lipinski definition) is 4. The number of nitrogens with zero attached hydrogens (tertiary/aromatic N) is 2. The van der Waals surface area contributed by atoms with E-state index in [1.165, 1.54) is 0 Å². The van der Waals surface area contributed by atoms with Gasteiger partial charge in [-0.25, -0.2) is 0 Å². The van der Waals surface area contributed by atoms with E-state index < -0.39 is 0 Å². The van der Waals surface area contributed by atoms with Crippen molar-refractivity contribution in [3.63, 3.8) is 0 Å². The maximum absolute atomic E-state index is 6.26. The topological polar surface area (TPSA) is 51.4 Å². The first-order valence-corrected chi connectivity index (χ1v) is 6.57. The van der Waals surface area contributed by atoms with Crippen LogP contribution in [0.3, 0.4) is 0 Å². The average molecular weight is 249 g/mol. The number of likely N-dealkylation sites (tertiary alicyclic amines) is 1. The Labute approximate surface area is 109 Å². The molecule has 1 aliphatic heterocycles. The molecule has 2 heterocycles. The van der Waals surface area contributed by atoms with E-state index in [4.69, 9.17) is 10.5 Å². The number of hydrogen-bond donors (Lipinski definition) is 1. The second kappa shape index (κ2) is 5.24. The van der Waals surface area contributed by atoms with Gasteiger partial charge in [0.25, 0.3) is 0 Å². The summed E-state index contributed by atoms with van der Waals surface area (Å²) in [4.78, 5) is 6.88. The van der Waals surface area contributed by atoms with E-state index >= 15 is 0 Å². The summed E-state index contributed by atoms with van der Waals surface area (Å²) in [5, 5.41) is 0. The lowest BCUT2D eigenvalue weighted by molar-refractivity contribution is 0.0555. The van der Waals surface area contributed by atoms with Gasteiger partial charge in [-0.1, -0.05) is 13.3 Å². The predicted molar refractivity (Wildman–Crippen MR) is 72.6 cm³/mol. The molecule has 1 saturated heterocycles. The summed E-state index contributed by atoms with van der Waals surface area (Å²) in [7, 11) is 1.69. The highest BCUT2D eigenvalue weighted by Crippen LogP contribution is 2.25. The Morgan fingerprint density at radius 1 is 1.44 bits per heavy atom. The van der Waals surface area contributed by atoms with Gasteiger partial charge in [-0.15, -0.1) is 0 Å². The molecule has 0 aromatic carbocycles. The zero-order valence-electron chi connectivity index (χ0n) is 11.6. The average Bonchev–Trinajstić information content (AvgIpc) is 2.26.